The summed E-state index contributed by atoms with van der Waals surface area (Å²) in [5, 5.41) is 10.9. The molecule has 0 saturated carbocycles. The van der Waals surface area contributed by atoms with Crippen molar-refractivity contribution in [1.29, 1.82) is 0 Å². The minimum atomic E-state index is -0.202. The number of nitrogens with one attached hydrogen (secondary N) is 2. The first-order valence-corrected chi connectivity index (χ1v) is 9.74. The van der Waals surface area contributed by atoms with Crippen molar-refractivity contribution in [2.75, 3.05) is 20.2 Å². The number of aromatic nitrogens is 2. The molecule has 0 aliphatic carbocycles. The fourth-order valence-corrected chi connectivity index (χ4v) is 2.59. The van der Waals surface area contributed by atoms with Crippen LogP contribution in [0, 0.1) is 0 Å². The third-order valence-electron chi connectivity index (χ3n) is 3.98. The summed E-state index contributed by atoms with van der Waals surface area (Å²) in [7, 11) is 1.70. The summed E-state index contributed by atoms with van der Waals surface area (Å²) in [5.74, 6) is 2.27. The predicted octanol–water partition coefficient (Wildman–Crippen LogP) is 3.96. The van der Waals surface area contributed by atoms with Crippen LogP contribution in [0.1, 0.15) is 45.0 Å². The predicted molar refractivity (Wildman–Crippen MR) is 124 cm³/mol. The van der Waals surface area contributed by atoms with E-state index in [9.17, 15) is 0 Å². The van der Waals surface area contributed by atoms with Crippen LogP contribution in [0.5, 0.6) is 5.75 Å². The number of hydrogen-bond donors (Lipinski definition) is 2. The normalized spacial score (nSPS) is 13.3. The van der Waals surface area contributed by atoms with Gasteiger partial charge in [-0.1, -0.05) is 35.8 Å². The summed E-state index contributed by atoms with van der Waals surface area (Å²) in [6.07, 6.45) is 0.560. The van der Waals surface area contributed by atoms with Crippen LogP contribution in [0.15, 0.2) is 33.8 Å². The molecule has 1 aromatic carbocycles. The molecule has 0 spiro atoms. The Labute approximate surface area is 193 Å². The Morgan fingerprint density at radius 1 is 1.28 bits per heavy atom. The zero-order chi connectivity index (χ0) is 20.4. The van der Waals surface area contributed by atoms with Crippen molar-refractivity contribution in [3.8, 4) is 5.75 Å². The van der Waals surface area contributed by atoms with Crippen molar-refractivity contribution in [3.05, 3.63) is 41.0 Å². The number of halogens is 2. The highest BCUT2D eigenvalue weighted by atomic mass is 127. The van der Waals surface area contributed by atoms with E-state index in [0.717, 1.165) is 6.42 Å². The number of rotatable bonds is 10. The lowest BCUT2D eigenvalue weighted by molar-refractivity contribution is 0.0683. The molecule has 0 fully saturated rings. The standard InChI is InChI=1S/C19H28ClN5O3.HI/c1-5-14(27-16-10-8-7-9-15(16)20)11-22-19(21-4)23-12-17-24-18(25-28-17)13(3)26-6-2;/h7-10,13-14H,5-6,11-12H2,1-4H3,(H2,21,22,23);1H. The van der Waals surface area contributed by atoms with Gasteiger partial charge in [-0.15, -0.1) is 24.0 Å². The Balaban J connectivity index is 0.00000420. The van der Waals surface area contributed by atoms with E-state index in [0.29, 0.717) is 48.1 Å². The van der Waals surface area contributed by atoms with E-state index in [1.807, 2.05) is 38.1 Å². The molecular formula is C19H29ClIN5O3. The quantitative estimate of drug-likeness (QED) is 0.269. The lowest BCUT2D eigenvalue weighted by Crippen LogP contribution is -2.42. The van der Waals surface area contributed by atoms with Gasteiger partial charge in [0.25, 0.3) is 0 Å². The number of para-hydroxylation sites is 1. The second-order valence-electron chi connectivity index (χ2n) is 6.03. The van der Waals surface area contributed by atoms with Crippen LogP contribution in [-0.4, -0.2) is 42.4 Å². The van der Waals surface area contributed by atoms with Gasteiger partial charge in [-0.25, -0.2) is 0 Å². The van der Waals surface area contributed by atoms with E-state index in [-0.39, 0.29) is 36.2 Å². The van der Waals surface area contributed by atoms with Crippen LogP contribution in [0.4, 0.5) is 0 Å². The van der Waals surface area contributed by atoms with Crippen molar-refractivity contribution >= 4 is 41.5 Å². The molecule has 1 aromatic heterocycles. The Morgan fingerprint density at radius 2 is 2.03 bits per heavy atom. The summed E-state index contributed by atoms with van der Waals surface area (Å²) in [6.45, 7) is 7.38. The van der Waals surface area contributed by atoms with Gasteiger partial charge < -0.3 is 24.6 Å². The Bertz CT molecular complexity index is 759. The molecule has 29 heavy (non-hydrogen) atoms. The molecule has 2 aromatic rings. The van der Waals surface area contributed by atoms with Crippen molar-refractivity contribution in [2.45, 2.75) is 45.9 Å². The number of benzene rings is 1. The van der Waals surface area contributed by atoms with Crippen molar-refractivity contribution in [2.24, 2.45) is 4.99 Å². The van der Waals surface area contributed by atoms with Gasteiger partial charge in [0, 0.05) is 13.7 Å². The smallest absolute Gasteiger partial charge is 0.246 e. The zero-order valence-electron chi connectivity index (χ0n) is 17.1. The molecule has 0 aliphatic rings. The van der Waals surface area contributed by atoms with E-state index >= 15 is 0 Å². The van der Waals surface area contributed by atoms with Gasteiger partial charge in [0.2, 0.25) is 5.89 Å². The number of aliphatic imine (C=N–C) groups is 1. The summed E-state index contributed by atoms with van der Waals surface area (Å²) >= 11 is 6.16. The average Bonchev–Trinajstić information content (AvgIpc) is 3.18. The van der Waals surface area contributed by atoms with Gasteiger partial charge in [-0.05, 0) is 32.4 Å². The van der Waals surface area contributed by atoms with Crippen molar-refractivity contribution < 1.29 is 14.0 Å². The van der Waals surface area contributed by atoms with E-state index < -0.39 is 0 Å². The second kappa shape index (κ2) is 13.6. The maximum atomic E-state index is 6.16. The van der Waals surface area contributed by atoms with Crippen molar-refractivity contribution in [3.63, 3.8) is 0 Å². The van der Waals surface area contributed by atoms with E-state index in [1.54, 1.807) is 7.05 Å². The Hall–Kier alpha value is -1.59. The highest BCUT2D eigenvalue weighted by Gasteiger charge is 2.15. The first-order chi connectivity index (χ1) is 13.6. The third-order valence-corrected chi connectivity index (χ3v) is 4.29. The Morgan fingerprint density at radius 3 is 2.69 bits per heavy atom. The molecule has 1 heterocycles. The van der Waals surface area contributed by atoms with Crippen LogP contribution < -0.4 is 15.4 Å². The summed E-state index contributed by atoms with van der Waals surface area (Å²) in [4.78, 5) is 8.53. The third kappa shape index (κ3) is 8.35. The van der Waals surface area contributed by atoms with Crippen molar-refractivity contribution in [1.82, 2.24) is 20.8 Å². The molecule has 2 atom stereocenters. The summed E-state index contributed by atoms with van der Waals surface area (Å²) in [5.41, 5.74) is 0. The summed E-state index contributed by atoms with van der Waals surface area (Å²) in [6, 6.07) is 7.43. The maximum absolute atomic E-state index is 6.16. The lowest BCUT2D eigenvalue weighted by Gasteiger charge is -2.20. The van der Waals surface area contributed by atoms with E-state index in [1.165, 1.54) is 0 Å². The topological polar surface area (TPSA) is 93.8 Å². The van der Waals surface area contributed by atoms with Gasteiger partial charge >= 0.3 is 0 Å². The molecule has 0 radical (unpaired) electrons. The first kappa shape index (κ1) is 25.4. The highest BCUT2D eigenvalue weighted by Crippen LogP contribution is 2.24. The molecule has 0 bridgehead atoms. The molecule has 0 saturated heterocycles. The lowest BCUT2D eigenvalue weighted by atomic mass is 10.2. The average molecular weight is 538 g/mol. The minimum absolute atomic E-state index is 0. The monoisotopic (exact) mass is 537 g/mol. The molecule has 0 amide bonds. The number of hydrogen-bond acceptors (Lipinski definition) is 6. The Kier molecular flexibility index (Phi) is 11.9. The highest BCUT2D eigenvalue weighted by molar-refractivity contribution is 14.0. The van der Waals surface area contributed by atoms with Crippen LogP contribution in [0.25, 0.3) is 0 Å². The first-order valence-electron chi connectivity index (χ1n) is 9.37. The maximum Gasteiger partial charge on any atom is 0.246 e. The SMILES string of the molecule is CCOC(C)c1noc(CNC(=NC)NCC(CC)Oc2ccccc2Cl)n1.I. The molecule has 10 heteroatoms. The van der Waals surface area contributed by atoms with Gasteiger partial charge in [0.1, 0.15) is 18.0 Å². The fourth-order valence-electron chi connectivity index (χ4n) is 2.41. The molecule has 0 aliphatic heterocycles. The molecule has 162 valence electrons. The molecule has 8 nitrogen and oxygen atoms in total. The zero-order valence-corrected chi connectivity index (χ0v) is 20.2. The van der Waals surface area contributed by atoms with Gasteiger partial charge in [-0.2, -0.15) is 4.98 Å². The largest absolute Gasteiger partial charge is 0.487 e. The minimum Gasteiger partial charge on any atom is -0.487 e. The van der Waals surface area contributed by atoms with Crippen LogP contribution in [-0.2, 0) is 11.3 Å². The van der Waals surface area contributed by atoms with Crippen LogP contribution >= 0.6 is 35.6 Å². The van der Waals surface area contributed by atoms with E-state index in [4.69, 9.17) is 25.6 Å². The number of guanidine groups is 1. The molecule has 2 rings (SSSR count). The van der Waals surface area contributed by atoms with Crippen LogP contribution in [0.3, 0.4) is 0 Å². The van der Waals surface area contributed by atoms with Gasteiger partial charge in [0.15, 0.2) is 11.8 Å². The molecular weight excluding hydrogens is 509 g/mol. The number of nitrogens with zero attached hydrogens (tertiary/aromatic N) is 3. The second-order valence-corrected chi connectivity index (χ2v) is 6.44. The molecule has 2 N–H and O–H groups in total. The van der Waals surface area contributed by atoms with Gasteiger partial charge in [-0.3, -0.25) is 4.99 Å². The van der Waals surface area contributed by atoms with Crippen LogP contribution in [0.2, 0.25) is 5.02 Å². The number of ether oxygens (including phenoxy) is 2. The molecule has 2 unspecified atom stereocenters. The summed E-state index contributed by atoms with van der Waals surface area (Å²) < 4.78 is 16.7. The fraction of sp³-hybridized carbons (Fsp3) is 0.526. The van der Waals surface area contributed by atoms with E-state index in [2.05, 4.69) is 32.7 Å². The van der Waals surface area contributed by atoms with Gasteiger partial charge in [0.05, 0.1) is 18.1 Å².